The predicted molar refractivity (Wildman–Crippen MR) is 111 cm³/mol. The van der Waals surface area contributed by atoms with E-state index in [1.54, 1.807) is 11.0 Å². The van der Waals surface area contributed by atoms with Gasteiger partial charge in [0, 0.05) is 23.7 Å². The van der Waals surface area contributed by atoms with Crippen LogP contribution in [0.25, 0.3) is 11.4 Å². The highest BCUT2D eigenvalue weighted by molar-refractivity contribution is 7.12. The van der Waals surface area contributed by atoms with Crippen LogP contribution in [0.4, 0.5) is 5.69 Å². The molecule has 2 aliphatic rings. The van der Waals surface area contributed by atoms with Crippen molar-refractivity contribution in [3.05, 3.63) is 52.5 Å². The van der Waals surface area contributed by atoms with E-state index in [1.165, 1.54) is 24.2 Å². The van der Waals surface area contributed by atoms with Crippen molar-refractivity contribution in [1.82, 2.24) is 20.1 Å². The Labute approximate surface area is 172 Å². The molecule has 3 heterocycles. The molecule has 0 unspecified atom stereocenters. The second-order valence-electron chi connectivity index (χ2n) is 7.52. The SMILES string of the molecule is O=C(Nc1ccc(-c2n[nH]c(C3CC3)n2)cc1)[C@@H]1CCCN1C(=O)c1cccs1. The zero-order valence-corrected chi connectivity index (χ0v) is 16.6. The minimum Gasteiger partial charge on any atom is -0.326 e. The summed E-state index contributed by atoms with van der Waals surface area (Å²) in [5.74, 6) is 1.95. The molecule has 0 bridgehead atoms. The predicted octanol–water partition coefficient (Wildman–Crippen LogP) is 3.65. The summed E-state index contributed by atoms with van der Waals surface area (Å²) in [6, 6.07) is 10.7. The van der Waals surface area contributed by atoms with Gasteiger partial charge in [-0.3, -0.25) is 14.7 Å². The number of carbonyl (C=O) groups is 2. The van der Waals surface area contributed by atoms with Gasteiger partial charge in [0.15, 0.2) is 5.82 Å². The molecule has 2 amide bonds. The minimum atomic E-state index is -0.432. The van der Waals surface area contributed by atoms with E-state index in [1.807, 2.05) is 35.7 Å². The van der Waals surface area contributed by atoms with Gasteiger partial charge in [-0.1, -0.05) is 6.07 Å². The lowest BCUT2D eigenvalue weighted by Crippen LogP contribution is -2.42. The van der Waals surface area contributed by atoms with Crippen LogP contribution in [-0.2, 0) is 4.79 Å². The molecule has 2 N–H and O–H groups in total. The van der Waals surface area contributed by atoms with Gasteiger partial charge >= 0.3 is 0 Å². The number of carbonyl (C=O) groups excluding carboxylic acids is 2. The monoisotopic (exact) mass is 407 g/mol. The number of amides is 2. The van der Waals surface area contributed by atoms with E-state index in [2.05, 4.69) is 20.5 Å². The summed E-state index contributed by atoms with van der Waals surface area (Å²) in [4.78, 5) is 32.4. The molecule has 5 rings (SSSR count). The summed E-state index contributed by atoms with van der Waals surface area (Å²) >= 11 is 1.41. The lowest BCUT2D eigenvalue weighted by atomic mass is 10.1. The first-order valence-corrected chi connectivity index (χ1v) is 10.7. The Kier molecular flexibility index (Phi) is 4.63. The van der Waals surface area contributed by atoms with Crippen molar-refractivity contribution in [3.8, 4) is 11.4 Å². The van der Waals surface area contributed by atoms with Gasteiger partial charge in [0.1, 0.15) is 11.9 Å². The van der Waals surface area contributed by atoms with E-state index in [0.717, 1.165) is 17.8 Å². The van der Waals surface area contributed by atoms with Crippen molar-refractivity contribution >= 4 is 28.8 Å². The van der Waals surface area contributed by atoms with Crippen molar-refractivity contribution in [2.45, 2.75) is 37.6 Å². The summed E-state index contributed by atoms with van der Waals surface area (Å²) in [6.45, 7) is 0.613. The first-order valence-electron chi connectivity index (χ1n) is 9.87. The Morgan fingerprint density at radius 2 is 1.97 bits per heavy atom. The first kappa shape index (κ1) is 18.1. The highest BCUT2D eigenvalue weighted by Crippen LogP contribution is 2.38. The number of hydrogen-bond donors (Lipinski definition) is 2. The van der Waals surface area contributed by atoms with E-state index < -0.39 is 6.04 Å². The molecule has 2 aromatic heterocycles. The molecule has 1 saturated carbocycles. The summed E-state index contributed by atoms with van der Waals surface area (Å²) in [5, 5.41) is 12.1. The molecule has 0 radical (unpaired) electrons. The maximum atomic E-state index is 12.8. The quantitative estimate of drug-likeness (QED) is 0.675. The standard InChI is InChI=1S/C21H21N5O2S/c27-20(16-3-1-11-26(16)21(28)17-4-2-12-29-17)22-15-9-7-14(8-10-15)19-23-18(24-25-19)13-5-6-13/h2,4,7-10,12-13,16H,1,3,5-6,11H2,(H,22,27)(H,23,24,25)/t16-/m0/s1. The van der Waals surface area contributed by atoms with E-state index in [9.17, 15) is 9.59 Å². The third kappa shape index (κ3) is 3.67. The summed E-state index contributed by atoms with van der Waals surface area (Å²) in [6.07, 6.45) is 3.87. The van der Waals surface area contributed by atoms with Crippen LogP contribution >= 0.6 is 11.3 Å². The van der Waals surface area contributed by atoms with Crippen LogP contribution in [0.5, 0.6) is 0 Å². The normalized spacial score (nSPS) is 18.8. The van der Waals surface area contributed by atoms with Crippen LogP contribution in [0.3, 0.4) is 0 Å². The molecule has 1 aliphatic carbocycles. The van der Waals surface area contributed by atoms with Gasteiger partial charge in [0.05, 0.1) is 4.88 Å². The van der Waals surface area contributed by atoms with Gasteiger partial charge < -0.3 is 10.2 Å². The zero-order valence-electron chi connectivity index (χ0n) is 15.8. The molecular formula is C21H21N5O2S. The average molecular weight is 407 g/mol. The Balaban J connectivity index is 1.25. The van der Waals surface area contributed by atoms with Crippen LogP contribution in [0, 0.1) is 0 Å². The smallest absolute Gasteiger partial charge is 0.264 e. The Hall–Kier alpha value is -3.00. The highest BCUT2D eigenvalue weighted by Gasteiger charge is 2.35. The topological polar surface area (TPSA) is 91.0 Å². The summed E-state index contributed by atoms with van der Waals surface area (Å²) < 4.78 is 0. The van der Waals surface area contributed by atoms with Gasteiger partial charge in [-0.25, -0.2) is 4.98 Å². The summed E-state index contributed by atoms with van der Waals surface area (Å²) in [5.41, 5.74) is 1.61. The molecule has 29 heavy (non-hydrogen) atoms. The number of likely N-dealkylation sites (tertiary alicyclic amines) is 1. The molecule has 2 fully saturated rings. The van der Waals surface area contributed by atoms with Crippen LogP contribution in [0.2, 0.25) is 0 Å². The number of hydrogen-bond acceptors (Lipinski definition) is 5. The van der Waals surface area contributed by atoms with Crippen LogP contribution in [-0.4, -0.2) is 44.5 Å². The summed E-state index contributed by atoms with van der Waals surface area (Å²) in [7, 11) is 0. The molecule has 7 nitrogen and oxygen atoms in total. The van der Waals surface area contributed by atoms with E-state index in [-0.39, 0.29) is 11.8 Å². The second-order valence-corrected chi connectivity index (χ2v) is 8.47. The number of aromatic nitrogens is 3. The molecule has 8 heteroatoms. The number of thiophene rings is 1. The molecular weight excluding hydrogens is 386 g/mol. The third-order valence-corrected chi connectivity index (χ3v) is 6.28. The zero-order chi connectivity index (χ0) is 19.8. The third-order valence-electron chi connectivity index (χ3n) is 5.43. The number of rotatable bonds is 5. The lowest BCUT2D eigenvalue weighted by Gasteiger charge is -2.23. The highest BCUT2D eigenvalue weighted by atomic mass is 32.1. The van der Waals surface area contributed by atoms with E-state index in [4.69, 9.17) is 0 Å². The number of nitrogens with zero attached hydrogens (tertiary/aromatic N) is 3. The van der Waals surface area contributed by atoms with Crippen molar-refractivity contribution in [2.75, 3.05) is 11.9 Å². The molecule has 1 aromatic carbocycles. The molecule has 3 aromatic rings. The number of nitrogens with one attached hydrogen (secondary N) is 2. The van der Waals surface area contributed by atoms with Gasteiger partial charge in [-0.2, -0.15) is 5.10 Å². The number of anilines is 1. The number of benzene rings is 1. The second kappa shape index (κ2) is 7.44. The average Bonchev–Trinajstić information content (AvgIpc) is 3.19. The van der Waals surface area contributed by atoms with Gasteiger partial charge in [0.2, 0.25) is 5.91 Å². The maximum absolute atomic E-state index is 12.8. The Bertz CT molecular complexity index is 1020. The van der Waals surface area contributed by atoms with Crippen molar-refractivity contribution in [3.63, 3.8) is 0 Å². The Morgan fingerprint density at radius 1 is 1.14 bits per heavy atom. The Morgan fingerprint density at radius 3 is 2.69 bits per heavy atom. The molecule has 1 aliphatic heterocycles. The van der Waals surface area contributed by atoms with Crippen LogP contribution < -0.4 is 5.32 Å². The van der Waals surface area contributed by atoms with E-state index >= 15 is 0 Å². The van der Waals surface area contributed by atoms with Crippen LogP contribution in [0.1, 0.15) is 47.1 Å². The lowest BCUT2D eigenvalue weighted by molar-refractivity contribution is -0.119. The fraction of sp³-hybridized carbons (Fsp3) is 0.333. The van der Waals surface area contributed by atoms with Gasteiger partial charge in [-0.15, -0.1) is 11.3 Å². The number of H-pyrrole nitrogens is 1. The van der Waals surface area contributed by atoms with Crippen molar-refractivity contribution in [2.24, 2.45) is 0 Å². The first-order chi connectivity index (χ1) is 14.2. The fourth-order valence-corrected chi connectivity index (χ4v) is 4.37. The van der Waals surface area contributed by atoms with Crippen molar-refractivity contribution < 1.29 is 9.59 Å². The fourth-order valence-electron chi connectivity index (χ4n) is 3.70. The van der Waals surface area contributed by atoms with E-state index in [0.29, 0.717) is 35.3 Å². The minimum absolute atomic E-state index is 0.0657. The molecule has 1 atom stereocenters. The largest absolute Gasteiger partial charge is 0.326 e. The van der Waals surface area contributed by atoms with Gasteiger partial charge in [0.25, 0.3) is 5.91 Å². The van der Waals surface area contributed by atoms with Crippen LogP contribution in [0.15, 0.2) is 41.8 Å². The number of aromatic amines is 1. The maximum Gasteiger partial charge on any atom is 0.264 e. The molecule has 1 saturated heterocycles. The van der Waals surface area contributed by atoms with Crippen molar-refractivity contribution in [1.29, 1.82) is 0 Å². The van der Waals surface area contributed by atoms with Gasteiger partial charge in [-0.05, 0) is 61.4 Å². The molecule has 0 spiro atoms. The molecule has 148 valence electrons.